The summed E-state index contributed by atoms with van der Waals surface area (Å²) < 4.78 is 11.9. The van der Waals surface area contributed by atoms with Crippen molar-refractivity contribution >= 4 is 27.5 Å². The molecule has 1 aliphatic rings. The molecular weight excluding hydrogens is 388 g/mol. The van der Waals surface area contributed by atoms with E-state index in [2.05, 4.69) is 25.5 Å². The van der Waals surface area contributed by atoms with Gasteiger partial charge in [-0.15, -0.1) is 11.3 Å². The lowest BCUT2D eigenvalue weighted by atomic mass is 9.72. The van der Waals surface area contributed by atoms with Gasteiger partial charge in [0.2, 0.25) is 5.76 Å². The molecule has 0 saturated carbocycles. The quantitative estimate of drug-likeness (QED) is 0.596. The normalized spacial score (nSPS) is 16.8. The van der Waals surface area contributed by atoms with E-state index in [0.717, 1.165) is 29.5 Å². The van der Waals surface area contributed by atoms with Gasteiger partial charge in [-0.2, -0.15) is 0 Å². The predicted molar refractivity (Wildman–Crippen MR) is 113 cm³/mol. The molecule has 0 amide bonds. The number of hydrogen-bond acceptors (Lipinski definition) is 6. The Balaban J connectivity index is 1.73. The van der Waals surface area contributed by atoms with Crippen molar-refractivity contribution in [2.45, 2.75) is 53.5 Å². The Morgan fingerprint density at radius 3 is 2.83 bits per heavy atom. The van der Waals surface area contributed by atoms with Crippen molar-refractivity contribution in [3.05, 3.63) is 50.3 Å². The number of furan rings is 1. The lowest BCUT2D eigenvalue weighted by Gasteiger charge is -2.33. The van der Waals surface area contributed by atoms with Crippen molar-refractivity contribution in [2.75, 3.05) is 7.11 Å². The minimum absolute atomic E-state index is 0.0322. The van der Waals surface area contributed by atoms with E-state index in [0.29, 0.717) is 17.5 Å². The second-order valence-electron chi connectivity index (χ2n) is 8.80. The number of aromatic nitrogens is 2. The molecule has 154 valence electrons. The van der Waals surface area contributed by atoms with E-state index >= 15 is 0 Å². The minimum Gasteiger partial charge on any atom is -0.463 e. The highest BCUT2D eigenvalue weighted by Gasteiger charge is 2.32. The Kier molecular flexibility index (Phi) is 4.89. The van der Waals surface area contributed by atoms with Crippen molar-refractivity contribution in [1.82, 2.24) is 9.55 Å². The minimum atomic E-state index is -0.533. The molecule has 0 saturated heterocycles. The summed E-state index contributed by atoms with van der Waals surface area (Å²) >= 11 is 1.66. The van der Waals surface area contributed by atoms with Gasteiger partial charge in [0.1, 0.15) is 16.4 Å². The van der Waals surface area contributed by atoms with Crippen LogP contribution in [0.4, 0.5) is 0 Å². The van der Waals surface area contributed by atoms with Gasteiger partial charge in [-0.05, 0) is 55.2 Å². The number of carbonyl (C=O) groups is 1. The van der Waals surface area contributed by atoms with E-state index in [1.54, 1.807) is 28.0 Å². The summed E-state index contributed by atoms with van der Waals surface area (Å²) in [7, 11) is 1.31. The number of methoxy groups -OCH3 is 1. The summed E-state index contributed by atoms with van der Waals surface area (Å²) in [6.45, 7) is 8.94. The molecule has 7 heteroatoms. The lowest BCUT2D eigenvalue weighted by Crippen LogP contribution is -2.27. The van der Waals surface area contributed by atoms with Crippen molar-refractivity contribution < 1.29 is 13.9 Å². The Morgan fingerprint density at radius 2 is 2.14 bits per heavy atom. The molecule has 1 unspecified atom stereocenters. The van der Waals surface area contributed by atoms with Crippen molar-refractivity contribution in [3.63, 3.8) is 0 Å². The zero-order chi connectivity index (χ0) is 20.9. The van der Waals surface area contributed by atoms with Crippen LogP contribution in [0, 0.1) is 18.3 Å². The van der Waals surface area contributed by atoms with Crippen LogP contribution in [0.15, 0.2) is 21.3 Å². The van der Waals surface area contributed by atoms with Crippen LogP contribution < -0.4 is 5.56 Å². The average molecular weight is 415 g/mol. The van der Waals surface area contributed by atoms with Crippen LogP contribution >= 0.6 is 11.3 Å². The van der Waals surface area contributed by atoms with Gasteiger partial charge < -0.3 is 9.15 Å². The first-order chi connectivity index (χ1) is 13.7. The number of esters is 1. The van der Waals surface area contributed by atoms with Gasteiger partial charge in [-0.3, -0.25) is 9.36 Å². The van der Waals surface area contributed by atoms with Gasteiger partial charge in [-0.25, -0.2) is 9.78 Å². The summed E-state index contributed by atoms with van der Waals surface area (Å²) in [5.41, 5.74) is 1.40. The second kappa shape index (κ2) is 7.13. The molecule has 0 bridgehead atoms. The third-order valence-electron chi connectivity index (χ3n) is 5.95. The maximum Gasteiger partial charge on any atom is 0.373 e. The summed E-state index contributed by atoms with van der Waals surface area (Å²) in [6.07, 6.45) is 3.03. The maximum atomic E-state index is 13.4. The molecule has 0 N–H and O–H groups in total. The Hall–Kier alpha value is -2.41. The smallest absolute Gasteiger partial charge is 0.373 e. The fourth-order valence-corrected chi connectivity index (χ4v) is 5.45. The van der Waals surface area contributed by atoms with Crippen LogP contribution in [0.25, 0.3) is 10.2 Å². The number of thiophene rings is 1. The van der Waals surface area contributed by atoms with E-state index in [1.165, 1.54) is 17.6 Å². The van der Waals surface area contributed by atoms with Crippen LogP contribution in [0.2, 0.25) is 0 Å². The van der Waals surface area contributed by atoms with E-state index in [-0.39, 0.29) is 23.3 Å². The summed E-state index contributed by atoms with van der Waals surface area (Å²) in [4.78, 5) is 31.8. The number of hydrogen-bond donors (Lipinski definition) is 0. The van der Waals surface area contributed by atoms with E-state index in [9.17, 15) is 9.59 Å². The molecule has 0 radical (unpaired) electrons. The van der Waals surface area contributed by atoms with Gasteiger partial charge >= 0.3 is 5.97 Å². The van der Waals surface area contributed by atoms with Crippen LogP contribution in [0.3, 0.4) is 0 Å². The Labute approximate surface area is 173 Å². The number of aryl methyl sites for hydroxylation is 2. The first kappa shape index (κ1) is 19.9. The zero-order valence-electron chi connectivity index (χ0n) is 17.5. The number of nitrogens with zero attached hydrogens (tertiary/aromatic N) is 2. The third-order valence-corrected chi connectivity index (χ3v) is 7.09. The summed E-state index contributed by atoms with van der Waals surface area (Å²) in [6, 6.07) is 3.26. The van der Waals surface area contributed by atoms with E-state index < -0.39 is 5.97 Å². The van der Waals surface area contributed by atoms with Crippen LogP contribution in [-0.4, -0.2) is 22.6 Å². The first-order valence-corrected chi connectivity index (χ1v) is 10.7. The van der Waals surface area contributed by atoms with Gasteiger partial charge in [0.25, 0.3) is 5.56 Å². The second-order valence-corrected chi connectivity index (χ2v) is 9.88. The summed E-state index contributed by atoms with van der Waals surface area (Å²) in [5, 5.41) is 0.753. The highest BCUT2D eigenvalue weighted by atomic mass is 32.1. The average Bonchev–Trinajstić information content (AvgIpc) is 3.27. The molecule has 3 aromatic heterocycles. The molecule has 6 nitrogen and oxygen atoms in total. The topological polar surface area (TPSA) is 74.3 Å². The van der Waals surface area contributed by atoms with Gasteiger partial charge in [0.05, 0.1) is 19.0 Å². The van der Waals surface area contributed by atoms with Crippen molar-refractivity contribution in [1.29, 1.82) is 0 Å². The van der Waals surface area contributed by atoms with E-state index in [1.807, 2.05) is 6.92 Å². The molecule has 1 atom stereocenters. The van der Waals surface area contributed by atoms with Crippen molar-refractivity contribution in [3.8, 4) is 0 Å². The third kappa shape index (κ3) is 3.52. The molecule has 4 rings (SSSR count). The SMILES string of the molecule is COC(=O)c1ccc(Cn2c(C)nc3sc4c(c3c2=O)CCC(C(C)(C)C)C4)o1. The van der Waals surface area contributed by atoms with Gasteiger partial charge in [-0.1, -0.05) is 20.8 Å². The number of rotatable bonds is 3. The first-order valence-electron chi connectivity index (χ1n) is 9.87. The molecule has 3 aromatic rings. The molecule has 0 aliphatic heterocycles. The largest absolute Gasteiger partial charge is 0.463 e. The van der Waals surface area contributed by atoms with Gasteiger partial charge in [0, 0.05) is 4.88 Å². The Bertz CT molecular complexity index is 1150. The van der Waals surface area contributed by atoms with Gasteiger partial charge in [0.15, 0.2) is 0 Å². The molecular formula is C22H26N2O4S. The highest BCUT2D eigenvalue weighted by Crippen LogP contribution is 2.42. The fraction of sp³-hybridized carbons (Fsp3) is 0.500. The molecule has 3 heterocycles. The highest BCUT2D eigenvalue weighted by molar-refractivity contribution is 7.18. The fourth-order valence-electron chi connectivity index (χ4n) is 4.11. The molecule has 0 fully saturated rings. The number of ether oxygens (including phenoxy) is 1. The lowest BCUT2D eigenvalue weighted by molar-refractivity contribution is 0.0563. The van der Waals surface area contributed by atoms with E-state index in [4.69, 9.17) is 9.40 Å². The molecule has 1 aliphatic carbocycles. The van der Waals surface area contributed by atoms with Crippen molar-refractivity contribution in [2.24, 2.45) is 11.3 Å². The standard InChI is InChI=1S/C22H26N2O4S/c1-12-23-19-18(15-8-6-13(22(2,3)4)10-17(15)29-19)20(25)24(12)11-14-7-9-16(28-14)21(26)27-5/h7,9,13H,6,8,10-11H2,1-5H3. The molecule has 0 aromatic carbocycles. The monoisotopic (exact) mass is 414 g/mol. The predicted octanol–water partition coefficient (Wildman–Crippen LogP) is 4.35. The number of carbonyl (C=O) groups excluding carboxylic acids is 1. The molecule has 29 heavy (non-hydrogen) atoms. The van der Waals surface area contributed by atoms with Crippen LogP contribution in [-0.2, 0) is 24.1 Å². The van der Waals surface area contributed by atoms with Crippen LogP contribution in [0.1, 0.15) is 59.8 Å². The molecule has 0 spiro atoms. The summed E-state index contributed by atoms with van der Waals surface area (Å²) in [5.74, 6) is 1.38. The van der Waals surface area contributed by atoms with Crippen LogP contribution in [0.5, 0.6) is 0 Å². The Morgan fingerprint density at radius 1 is 1.38 bits per heavy atom. The number of fused-ring (bicyclic) bond motifs is 3. The maximum absolute atomic E-state index is 13.4. The zero-order valence-corrected chi connectivity index (χ0v) is 18.3.